The first-order valence-electron chi connectivity index (χ1n) is 6.35. The topological polar surface area (TPSA) is 42.0 Å². The molecular formula is C16H9BrClFN2O. The number of anilines is 1. The summed E-state index contributed by atoms with van der Waals surface area (Å²) in [5, 5.41) is 4.08. The maximum absolute atomic E-state index is 13.1. The monoisotopic (exact) mass is 378 g/mol. The average Bonchev–Trinajstić information content (AvgIpc) is 2.46. The van der Waals surface area contributed by atoms with Gasteiger partial charge in [0.2, 0.25) is 0 Å². The largest absolute Gasteiger partial charge is 0.320 e. The Bertz CT molecular complexity index is 885. The van der Waals surface area contributed by atoms with E-state index in [0.29, 0.717) is 26.3 Å². The summed E-state index contributed by atoms with van der Waals surface area (Å²) < 4.78 is 13.5. The van der Waals surface area contributed by atoms with Crippen molar-refractivity contribution in [2.75, 3.05) is 5.32 Å². The van der Waals surface area contributed by atoms with Gasteiger partial charge in [0.15, 0.2) is 0 Å². The molecule has 3 aromatic rings. The summed E-state index contributed by atoms with van der Waals surface area (Å²) in [7, 11) is 0. The molecule has 0 saturated carbocycles. The van der Waals surface area contributed by atoms with Gasteiger partial charge in [-0.2, -0.15) is 0 Å². The summed E-state index contributed by atoms with van der Waals surface area (Å²) in [6, 6.07) is 10.9. The van der Waals surface area contributed by atoms with E-state index in [0.717, 1.165) is 5.39 Å². The van der Waals surface area contributed by atoms with E-state index in [-0.39, 0.29) is 5.91 Å². The van der Waals surface area contributed by atoms with Crippen LogP contribution in [0.2, 0.25) is 5.02 Å². The van der Waals surface area contributed by atoms with Crippen molar-refractivity contribution in [2.24, 2.45) is 0 Å². The van der Waals surface area contributed by atoms with E-state index in [1.54, 1.807) is 24.4 Å². The molecule has 1 amide bonds. The lowest BCUT2D eigenvalue weighted by molar-refractivity contribution is 0.102. The van der Waals surface area contributed by atoms with Gasteiger partial charge in [0.1, 0.15) is 5.82 Å². The normalized spacial score (nSPS) is 10.7. The Morgan fingerprint density at radius 3 is 2.82 bits per heavy atom. The minimum absolute atomic E-state index is 0.324. The Kier molecular flexibility index (Phi) is 4.09. The van der Waals surface area contributed by atoms with Crippen molar-refractivity contribution in [3.05, 3.63) is 69.5 Å². The van der Waals surface area contributed by atoms with E-state index < -0.39 is 5.82 Å². The van der Waals surface area contributed by atoms with E-state index in [1.165, 1.54) is 18.2 Å². The molecule has 0 radical (unpaired) electrons. The number of nitrogens with one attached hydrogen (secondary N) is 1. The highest BCUT2D eigenvalue weighted by molar-refractivity contribution is 9.10. The minimum Gasteiger partial charge on any atom is -0.320 e. The zero-order chi connectivity index (χ0) is 15.7. The summed E-state index contributed by atoms with van der Waals surface area (Å²) in [5.74, 6) is -0.792. The smallest absolute Gasteiger partial charge is 0.256 e. The van der Waals surface area contributed by atoms with Crippen LogP contribution >= 0.6 is 27.5 Å². The van der Waals surface area contributed by atoms with E-state index in [9.17, 15) is 9.18 Å². The zero-order valence-corrected chi connectivity index (χ0v) is 13.5. The Hall–Kier alpha value is -1.98. The number of rotatable bonds is 2. The van der Waals surface area contributed by atoms with Gasteiger partial charge in [0.25, 0.3) is 5.91 Å². The predicted molar refractivity (Wildman–Crippen MR) is 88.8 cm³/mol. The van der Waals surface area contributed by atoms with Crippen LogP contribution in [0, 0.1) is 5.82 Å². The van der Waals surface area contributed by atoms with Crippen LogP contribution in [0.3, 0.4) is 0 Å². The number of pyridine rings is 1. The van der Waals surface area contributed by atoms with Crippen molar-refractivity contribution in [1.29, 1.82) is 0 Å². The van der Waals surface area contributed by atoms with Gasteiger partial charge in [-0.15, -0.1) is 0 Å². The second-order valence-corrected chi connectivity index (χ2v) is 5.90. The van der Waals surface area contributed by atoms with Crippen molar-refractivity contribution in [3.63, 3.8) is 0 Å². The summed E-state index contributed by atoms with van der Waals surface area (Å²) in [6.45, 7) is 0. The summed E-state index contributed by atoms with van der Waals surface area (Å²) in [4.78, 5) is 16.6. The third kappa shape index (κ3) is 2.96. The van der Waals surface area contributed by atoms with E-state index in [2.05, 4.69) is 26.2 Å². The first-order chi connectivity index (χ1) is 10.5. The van der Waals surface area contributed by atoms with Gasteiger partial charge < -0.3 is 5.32 Å². The van der Waals surface area contributed by atoms with Gasteiger partial charge in [-0.05, 0) is 52.3 Å². The summed E-state index contributed by atoms with van der Waals surface area (Å²) in [6.07, 6.45) is 1.64. The first-order valence-corrected chi connectivity index (χ1v) is 7.52. The molecule has 110 valence electrons. The number of carbonyl (C=O) groups excluding carboxylic acids is 1. The van der Waals surface area contributed by atoms with Gasteiger partial charge in [-0.1, -0.05) is 17.7 Å². The lowest BCUT2D eigenvalue weighted by atomic mass is 10.1. The number of benzene rings is 2. The molecule has 1 aromatic heterocycles. The van der Waals surface area contributed by atoms with E-state index in [4.69, 9.17) is 11.6 Å². The van der Waals surface area contributed by atoms with Gasteiger partial charge in [-0.25, -0.2) is 4.39 Å². The van der Waals surface area contributed by atoms with Crippen molar-refractivity contribution in [3.8, 4) is 0 Å². The maximum Gasteiger partial charge on any atom is 0.256 e. The SMILES string of the molecule is O=C(Nc1cc(Cl)cc2cccnc12)c1ccc(F)cc1Br. The first kappa shape index (κ1) is 14.9. The van der Waals surface area contributed by atoms with Crippen LogP contribution < -0.4 is 5.32 Å². The molecule has 3 rings (SSSR count). The van der Waals surface area contributed by atoms with Crippen molar-refractivity contribution in [2.45, 2.75) is 0 Å². The number of carbonyl (C=O) groups is 1. The lowest BCUT2D eigenvalue weighted by Gasteiger charge is -2.10. The van der Waals surface area contributed by atoms with Crippen molar-refractivity contribution >= 4 is 50.0 Å². The second kappa shape index (κ2) is 6.02. The molecule has 0 aliphatic rings. The van der Waals surface area contributed by atoms with Crippen molar-refractivity contribution < 1.29 is 9.18 Å². The molecule has 1 heterocycles. The minimum atomic E-state index is -0.418. The number of fused-ring (bicyclic) bond motifs is 1. The van der Waals surface area contributed by atoms with Crippen molar-refractivity contribution in [1.82, 2.24) is 4.98 Å². The third-order valence-corrected chi connectivity index (χ3v) is 3.97. The summed E-state index contributed by atoms with van der Waals surface area (Å²) in [5.41, 5.74) is 1.47. The predicted octanol–water partition coefficient (Wildman–Crippen LogP) is 5.04. The fourth-order valence-electron chi connectivity index (χ4n) is 2.11. The number of hydrogen-bond acceptors (Lipinski definition) is 2. The van der Waals surface area contributed by atoms with E-state index in [1.807, 2.05) is 6.07 Å². The fourth-order valence-corrected chi connectivity index (χ4v) is 2.87. The third-order valence-electron chi connectivity index (χ3n) is 3.09. The van der Waals surface area contributed by atoms with Gasteiger partial charge >= 0.3 is 0 Å². The molecule has 0 bridgehead atoms. The molecule has 3 nitrogen and oxygen atoms in total. The highest BCUT2D eigenvalue weighted by Crippen LogP contribution is 2.27. The second-order valence-electron chi connectivity index (χ2n) is 4.61. The van der Waals surface area contributed by atoms with Crippen LogP contribution in [0.4, 0.5) is 10.1 Å². The van der Waals surface area contributed by atoms with Crippen LogP contribution in [-0.2, 0) is 0 Å². The number of halogens is 3. The van der Waals surface area contributed by atoms with Crippen LogP contribution in [0.15, 0.2) is 53.1 Å². The molecular weight excluding hydrogens is 371 g/mol. The molecule has 6 heteroatoms. The Balaban J connectivity index is 2.01. The number of nitrogens with zero attached hydrogens (tertiary/aromatic N) is 1. The molecule has 0 atom stereocenters. The molecule has 0 aliphatic carbocycles. The number of amides is 1. The highest BCUT2D eigenvalue weighted by Gasteiger charge is 2.13. The van der Waals surface area contributed by atoms with E-state index >= 15 is 0 Å². The Labute approximate surface area is 139 Å². The van der Waals surface area contributed by atoms with Crippen LogP contribution in [0.5, 0.6) is 0 Å². The molecule has 0 saturated heterocycles. The summed E-state index contributed by atoms with van der Waals surface area (Å²) >= 11 is 9.25. The zero-order valence-electron chi connectivity index (χ0n) is 11.1. The van der Waals surface area contributed by atoms with Gasteiger partial charge in [-0.3, -0.25) is 9.78 Å². The molecule has 0 unspecified atom stereocenters. The van der Waals surface area contributed by atoms with Gasteiger partial charge in [0, 0.05) is 21.1 Å². The number of hydrogen-bond donors (Lipinski definition) is 1. The maximum atomic E-state index is 13.1. The van der Waals surface area contributed by atoms with Crippen LogP contribution in [0.1, 0.15) is 10.4 Å². The van der Waals surface area contributed by atoms with Crippen LogP contribution in [0.25, 0.3) is 10.9 Å². The molecule has 22 heavy (non-hydrogen) atoms. The standard InChI is InChI=1S/C16H9BrClFN2O/c17-13-8-11(19)3-4-12(13)16(22)21-14-7-10(18)6-9-2-1-5-20-15(9)14/h1-8H,(H,21,22). The Morgan fingerprint density at radius 1 is 1.23 bits per heavy atom. The average molecular weight is 380 g/mol. The van der Waals surface area contributed by atoms with Crippen LogP contribution in [-0.4, -0.2) is 10.9 Å². The number of aromatic nitrogens is 1. The molecule has 0 fully saturated rings. The Morgan fingerprint density at radius 2 is 2.05 bits per heavy atom. The highest BCUT2D eigenvalue weighted by atomic mass is 79.9. The molecule has 0 spiro atoms. The molecule has 0 aliphatic heterocycles. The van der Waals surface area contributed by atoms with Gasteiger partial charge in [0.05, 0.1) is 16.8 Å². The lowest BCUT2D eigenvalue weighted by Crippen LogP contribution is -2.13. The molecule has 1 N–H and O–H groups in total. The fraction of sp³-hybridized carbons (Fsp3) is 0. The molecule has 2 aromatic carbocycles. The quantitative estimate of drug-likeness (QED) is 0.677.